The van der Waals surface area contributed by atoms with Crippen molar-refractivity contribution in [3.8, 4) is 0 Å². The van der Waals surface area contributed by atoms with Crippen molar-refractivity contribution in [2.24, 2.45) is 0 Å². The minimum Gasteiger partial charge on any atom is -0.375 e. The van der Waals surface area contributed by atoms with E-state index in [4.69, 9.17) is 0 Å². The highest BCUT2D eigenvalue weighted by Gasteiger charge is 2.12. The molecular weight excluding hydrogens is 215 g/mol. The Morgan fingerprint density at radius 3 is 2.47 bits per heavy atom. The maximum Gasteiger partial charge on any atom is 0.123 e. The Labute approximate surface area is 104 Å². The summed E-state index contributed by atoms with van der Waals surface area (Å²) in [4.78, 5) is 2.12. The van der Waals surface area contributed by atoms with Crippen molar-refractivity contribution >= 4 is 5.69 Å². The van der Waals surface area contributed by atoms with Crippen molar-refractivity contribution in [1.82, 2.24) is 5.32 Å². The molecule has 3 heteroatoms. The lowest BCUT2D eigenvalue weighted by Crippen LogP contribution is -2.35. The molecule has 0 unspecified atom stereocenters. The smallest absolute Gasteiger partial charge is 0.123 e. The van der Waals surface area contributed by atoms with Crippen LogP contribution in [0, 0.1) is 5.82 Å². The Hall–Kier alpha value is -1.09. The maximum atomic E-state index is 13.3. The largest absolute Gasteiger partial charge is 0.375 e. The van der Waals surface area contributed by atoms with Gasteiger partial charge in [-0.25, -0.2) is 4.39 Å². The fraction of sp³-hybridized carbons (Fsp3) is 0.571. The highest BCUT2D eigenvalue weighted by atomic mass is 19.1. The molecule has 2 nitrogen and oxygen atoms in total. The fourth-order valence-electron chi connectivity index (χ4n) is 1.60. The molecule has 0 aromatic heterocycles. The summed E-state index contributed by atoms with van der Waals surface area (Å²) in [6.07, 6.45) is 0. The van der Waals surface area contributed by atoms with Gasteiger partial charge in [-0.05, 0) is 51.5 Å². The van der Waals surface area contributed by atoms with Gasteiger partial charge in [0, 0.05) is 31.4 Å². The van der Waals surface area contributed by atoms with E-state index in [9.17, 15) is 4.39 Å². The number of halogens is 1. The molecule has 0 aliphatic rings. The van der Waals surface area contributed by atoms with E-state index in [1.54, 1.807) is 6.07 Å². The second-order valence-corrected chi connectivity index (χ2v) is 5.39. The molecule has 0 heterocycles. The Bertz CT molecular complexity index is 369. The average Bonchev–Trinajstić information content (AvgIpc) is 2.24. The van der Waals surface area contributed by atoms with Gasteiger partial charge in [-0.15, -0.1) is 0 Å². The molecule has 1 aromatic rings. The fourth-order valence-corrected chi connectivity index (χ4v) is 1.60. The molecule has 0 saturated carbocycles. The summed E-state index contributed by atoms with van der Waals surface area (Å²) < 4.78 is 13.3. The lowest BCUT2D eigenvalue weighted by Gasteiger charge is -2.25. The minimum atomic E-state index is -0.177. The van der Waals surface area contributed by atoms with Crippen LogP contribution in [0.5, 0.6) is 0 Å². The van der Waals surface area contributed by atoms with Gasteiger partial charge in [0.25, 0.3) is 0 Å². The first-order valence-corrected chi connectivity index (χ1v) is 6.08. The number of anilines is 1. The number of hydrogen-bond acceptors (Lipinski definition) is 2. The molecule has 0 aliphatic carbocycles. The van der Waals surface area contributed by atoms with Crippen molar-refractivity contribution in [3.05, 3.63) is 29.6 Å². The van der Waals surface area contributed by atoms with E-state index < -0.39 is 0 Å². The molecule has 17 heavy (non-hydrogen) atoms. The molecule has 0 bridgehead atoms. The summed E-state index contributed by atoms with van der Waals surface area (Å²) in [7, 11) is 2.02. The third kappa shape index (κ3) is 4.35. The Morgan fingerprint density at radius 1 is 1.29 bits per heavy atom. The molecule has 1 N–H and O–H groups in total. The normalized spacial score (nSPS) is 11.6. The Morgan fingerprint density at radius 2 is 1.94 bits per heavy atom. The van der Waals surface area contributed by atoms with Crippen LogP contribution in [0.25, 0.3) is 0 Å². The quantitative estimate of drug-likeness (QED) is 0.866. The molecule has 1 rings (SSSR count). The van der Waals surface area contributed by atoms with Gasteiger partial charge < -0.3 is 10.2 Å². The van der Waals surface area contributed by atoms with Gasteiger partial charge in [-0.3, -0.25) is 0 Å². The number of benzene rings is 1. The maximum absolute atomic E-state index is 13.3. The lowest BCUT2D eigenvalue weighted by molar-refractivity contribution is 0.423. The summed E-state index contributed by atoms with van der Waals surface area (Å²) in [6, 6.07) is 4.97. The van der Waals surface area contributed by atoms with Gasteiger partial charge in [0.1, 0.15) is 5.82 Å². The third-order valence-electron chi connectivity index (χ3n) is 2.74. The van der Waals surface area contributed by atoms with E-state index in [1.165, 1.54) is 6.07 Å². The number of nitrogens with zero attached hydrogens (tertiary/aromatic N) is 1. The number of rotatable bonds is 4. The summed E-state index contributed by atoms with van der Waals surface area (Å²) >= 11 is 0. The zero-order chi connectivity index (χ0) is 13.1. The standard InChI is InChI=1S/C14H23FN2/c1-6-17(5)13-8-7-12(15)9-11(13)10-16-14(2,3)4/h7-9,16H,6,10H2,1-5H3. The molecule has 0 amide bonds. The molecular formula is C14H23FN2. The van der Waals surface area contributed by atoms with E-state index in [2.05, 4.69) is 37.9 Å². The van der Waals surface area contributed by atoms with E-state index in [1.807, 2.05) is 13.1 Å². The van der Waals surface area contributed by atoms with Gasteiger partial charge in [-0.1, -0.05) is 0 Å². The molecule has 0 fully saturated rings. The van der Waals surface area contributed by atoms with Crippen LogP contribution in [0.2, 0.25) is 0 Å². The predicted octanol–water partition coefficient (Wildman–Crippen LogP) is 3.17. The second kappa shape index (κ2) is 5.50. The van der Waals surface area contributed by atoms with Gasteiger partial charge in [-0.2, -0.15) is 0 Å². The van der Waals surface area contributed by atoms with Crippen LogP contribution in [0.4, 0.5) is 10.1 Å². The highest BCUT2D eigenvalue weighted by Crippen LogP contribution is 2.21. The molecule has 0 aliphatic heterocycles. The summed E-state index contributed by atoms with van der Waals surface area (Å²) in [5.41, 5.74) is 2.13. The summed E-state index contributed by atoms with van der Waals surface area (Å²) in [5, 5.41) is 3.39. The second-order valence-electron chi connectivity index (χ2n) is 5.39. The van der Waals surface area contributed by atoms with Crippen molar-refractivity contribution in [3.63, 3.8) is 0 Å². The Balaban J connectivity index is 2.91. The van der Waals surface area contributed by atoms with Crippen molar-refractivity contribution in [2.75, 3.05) is 18.5 Å². The van der Waals surface area contributed by atoms with E-state index in [0.717, 1.165) is 17.8 Å². The highest BCUT2D eigenvalue weighted by molar-refractivity contribution is 5.53. The van der Waals surface area contributed by atoms with Crippen LogP contribution < -0.4 is 10.2 Å². The van der Waals surface area contributed by atoms with Crippen LogP contribution in [0.15, 0.2) is 18.2 Å². The predicted molar refractivity (Wildman–Crippen MR) is 71.9 cm³/mol. The van der Waals surface area contributed by atoms with E-state index in [-0.39, 0.29) is 11.4 Å². The van der Waals surface area contributed by atoms with Gasteiger partial charge in [0.15, 0.2) is 0 Å². The number of hydrogen-bond donors (Lipinski definition) is 1. The van der Waals surface area contributed by atoms with Gasteiger partial charge in [0.2, 0.25) is 0 Å². The zero-order valence-electron chi connectivity index (χ0n) is 11.5. The summed E-state index contributed by atoms with van der Waals surface area (Å²) in [6.45, 7) is 10.00. The SMILES string of the molecule is CCN(C)c1ccc(F)cc1CNC(C)(C)C. The van der Waals surface area contributed by atoms with Crippen LogP contribution >= 0.6 is 0 Å². The minimum absolute atomic E-state index is 0.0361. The topological polar surface area (TPSA) is 15.3 Å². The Kier molecular flexibility index (Phi) is 4.52. The lowest BCUT2D eigenvalue weighted by atomic mass is 10.1. The third-order valence-corrected chi connectivity index (χ3v) is 2.74. The monoisotopic (exact) mass is 238 g/mol. The van der Waals surface area contributed by atoms with Crippen molar-refractivity contribution in [2.45, 2.75) is 39.8 Å². The molecule has 0 atom stereocenters. The average molecular weight is 238 g/mol. The molecule has 0 spiro atoms. The molecule has 96 valence electrons. The van der Waals surface area contributed by atoms with Crippen molar-refractivity contribution in [1.29, 1.82) is 0 Å². The molecule has 1 aromatic carbocycles. The summed E-state index contributed by atoms with van der Waals surface area (Å²) in [5.74, 6) is -0.177. The van der Waals surface area contributed by atoms with Gasteiger partial charge >= 0.3 is 0 Å². The number of nitrogens with one attached hydrogen (secondary N) is 1. The first-order valence-electron chi connectivity index (χ1n) is 6.08. The molecule has 0 saturated heterocycles. The van der Waals surface area contributed by atoms with Crippen LogP contribution in [0.1, 0.15) is 33.3 Å². The molecule has 0 radical (unpaired) electrons. The first kappa shape index (κ1) is 14.0. The van der Waals surface area contributed by atoms with Crippen LogP contribution in [0.3, 0.4) is 0 Å². The van der Waals surface area contributed by atoms with E-state index >= 15 is 0 Å². The van der Waals surface area contributed by atoms with Crippen molar-refractivity contribution < 1.29 is 4.39 Å². The van der Waals surface area contributed by atoms with E-state index in [0.29, 0.717) is 6.54 Å². The first-order chi connectivity index (χ1) is 7.83. The van der Waals surface area contributed by atoms with Gasteiger partial charge in [0.05, 0.1) is 0 Å². The van der Waals surface area contributed by atoms with Crippen LogP contribution in [-0.2, 0) is 6.54 Å². The zero-order valence-corrected chi connectivity index (χ0v) is 11.5. The van der Waals surface area contributed by atoms with Crippen LogP contribution in [-0.4, -0.2) is 19.1 Å².